The monoisotopic (exact) mass is 569 g/mol. The van der Waals surface area contributed by atoms with Gasteiger partial charge < -0.3 is 19.8 Å². The molecule has 6 rings (SSSR count). The molecular formula is C31H31N5O4S. The standard InChI is InChI=1S/C31H31N5O4S/c1-39-25-10-12-27(13-11-25)41(37,38)35-17-22-14-24(15-22)36-18-28(29-30(32)33-20-34-31(29)36)23-8-5-9-26(16-23)40-19-21-6-3-2-4-7-21/h2-13,16,18,20,22,24,35H,14-15,17,19H2,1H3,(H2,32,33,34). The van der Waals surface area contributed by atoms with Crippen LogP contribution in [-0.2, 0) is 16.6 Å². The van der Waals surface area contributed by atoms with Gasteiger partial charge in [-0.1, -0.05) is 42.5 Å². The molecule has 3 N–H and O–H groups in total. The molecule has 2 heterocycles. The van der Waals surface area contributed by atoms with E-state index in [4.69, 9.17) is 15.2 Å². The molecule has 1 aliphatic carbocycles. The zero-order valence-electron chi connectivity index (χ0n) is 22.6. The molecule has 0 saturated heterocycles. The Morgan fingerprint density at radius 2 is 1.76 bits per heavy atom. The van der Waals surface area contributed by atoms with Gasteiger partial charge in [-0.15, -0.1) is 0 Å². The predicted octanol–water partition coefficient (Wildman–Crippen LogP) is 5.20. The number of hydrogen-bond acceptors (Lipinski definition) is 7. The molecule has 10 heteroatoms. The third-order valence-electron chi connectivity index (χ3n) is 7.57. The van der Waals surface area contributed by atoms with Gasteiger partial charge in [-0.25, -0.2) is 23.1 Å². The number of benzene rings is 3. The Hall–Kier alpha value is -4.41. The Labute approximate surface area is 239 Å². The zero-order chi connectivity index (χ0) is 28.4. The number of nitrogen functional groups attached to an aromatic ring is 1. The first kappa shape index (κ1) is 26.8. The lowest BCUT2D eigenvalue weighted by molar-refractivity contribution is 0.204. The van der Waals surface area contributed by atoms with Gasteiger partial charge in [0.05, 0.1) is 17.4 Å². The summed E-state index contributed by atoms with van der Waals surface area (Å²) in [6.45, 7) is 0.845. The highest BCUT2D eigenvalue weighted by molar-refractivity contribution is 7.89. The fourth-order valence-corrected chi connectivity index (χ4v) is 6.38. The van der Waals surface area contributed by atoms with E-state index in [1.807, 2.05) is 54.6 Å². The van der Waals surface area contributed by atoms with Crippen molar-refractivity contribution >= 4 is 26.9 Å². The lowest BCUT2D eigenvalue weighted by Crippen LogP contribution is -2.37. The van der Waals surface area contributed by atoms with E-state index in [9.17, 15) is 8.42 Å². The van der Waals surface area contributed by atoms with Gasteiger partial charge in [-0.3, -0.25) is 0 Å². The van der Waals surface area contributed by atoms with E-state index in [2.05, 4.69) is 25.5 Å². The average molecular weight is 570 g/mol. The van der Waals surface area contributed by atoms with E-state index >= 15 is 0 Å². The molecule has 9 nitrogen and oxygen atoms in total. The van der Waals surface area contributed by atoms with Gasteiger partial charge in [-0.2, -0.15) is 0 Å². The number of hydrogen-bond donors (Lipinski definition) is 2. The summed E-state index contributed by atoms with van der Waals surface area (Å²) in [7, 11) is -2.05. The van der Waals surface area contributed by atoms with Gasteiger partial charge in [-0.05, 0) is 66.3 Å². The molecule has 210 valence electrons. The summed E-state index contributed by atoms with van der Waals surface area (Å²) in [5, 5.41) is 0.802. The molecule has 0 bridgehead atoms. The van der Waals surface area contributed by atoms with Gasteiger partial charge in [0.1, 0.15) is 35.9 Å². The van der Waals surface area contributed by atoms with Crippen molar-refractivity contribution in [2.24, 2.45) is 5.92 Å². The smallest absolute Gasteiger partial charge is 0.240 e. The number of nitrogens with zero attached hydrogens (tertiary/aromatic N) is 3. The minimum atomic E-state index is -3.60. The average Bonchev–Trinajstić information content (AvgIpc) is 3.36. The highest BCUT2D eigenvalue weighted by Gasteiger charge is 2.33. The number of nitrogens with two attached hydrogens (primary N) is 1. The van der Waals surface area contributed by atoms with Crippen molar-refractivity contribution in [3.05, 3.63) is 97.0 Å². The molecule has 41 heavy (non-hydrogen) atoms. The molecular weight excluding hydrogens is 538 g/mol. The van der Waals surface area contributed by atoms with Crippen LogP contribution in [0.4, 0.5) is 5.82 Å². The SMILES string of the molecule is COc1ccc(S(=O)(=O)NCC2CC(n3cc(-c4cccc(OCc5ccccc5)c4)c4c(N)ncnc43)C2)cc1. The van der Waals surface area contributed by atoms with Crippen LogP contribution in [0.5, 0.6) is 11.5 Å². The molecule has 0 amide bonds. The van der Waals surface area contributed by atoms with Gasteiger partial charge in [0.25, 0.3) is 0 Å². The Balaban J connectivity index is 1.17. The second-order valence-electron chi connectivity index (χ2n) is 10.2. The summed E-state index contributed by atoms with van der Waals surface area (Å²) in [6, 6.07) is 24.5. The minimum absolute atomic E-state index is 0.175. The quantitative estimate of drug-likeness (QED) is 0.237. The lowest BCUT2D eigenvalue weighted by atomic mass is 9.80. The fourth-order valence-electron chi connectivity index (χ4n) is 5.26. The highest BCUT2D eigenvalue weighted by Crippen LogP contribution is 2.43. The Morgan fingerprint density at radius 1 is 0.976 bits per heavy atom. The second kappa shape index (κ2) is 11.2. The molecule has 0 unspecified atom stereocenters. The minimum Gasteiger partial charge on any atom is -0.497 e. The normalized spacial score (nSPS) is 16.8. The maximum absolute atomic E-state index is 12.8. The maximum atomic E-state index is 12.8. The summed E-state index contributed by atoms with van der Waals surface area (Å²) in [5.74, 6) is 2.00. The van der Waals surface area contributed by atoms with Crippen molar-refractivity contribution < 1.29 is 17.9 Å². The van der Waals surface area contributed by atoms with Crippen molar-refractivity contribution in [1.82, 2.24) is 19.3 Å². The molecule has 2 aromatic heterocycles. The van der Waals surface area contributed by atoms with E-state index in [0.29, 0.717) is 24.7 Å². The number of nitrogens with one attached hydrogen (secondary N) is 1. The fraction of sp³-hybridized carbons (Fsp3) is 0.226. The van der Waals surface area contributed by atoms with Crippen LogP contribution in [0, 0.1) is 5.92 Å². The van der Waals surface area contributed by atoms with Crippen LogP contribution in [0.15, 0.2) is 96.3 Å². The first-order valence-corrected chi connectivity index (χ1v) is 14.9. The number of sulfonamides is 1. The number of aromatic nitrogens is 3. The molecule has 0 aliphatic heterocycles. The van der Waals surface area contributed by atoms with Crippen LogP contribution >= 0.6 is 0 Å². The maximum Gasteiger partial charge on any atom is 0.240 e. The van der Waals surface area contributed by atoms with Crippen LogP contribution in [0.1, 0.15) is 24.4 Å². The number of fused-ring (bicyclic) bond motifs is 1. The Bertz CT molecular complexity index is 1770. The van der Waals surface area contributed by atoms with E-state index in [-0.39, 0.29) is 16.9 Å². The molecule has 3 aromatic carbocycles. The third kappa shape index (κ3) is 5.61. The molecule has 0 atom stereocenters. The topological polar surface area (TPSA) is 121 Å². The molecule has 1 saturated carbocycles. The molecule has 5 aromatic rings. The molecule has 0 radical (unpaired) electrons. The highest BCUT2D eigenvalue weighted by atomic mass is 32.2. The predicted molar refractivity (Wildman–Crippen MR) is 158 cm³/mol. The van der Waals surface area contributed by atoms with Crippen LogP contribution in [0.2, 0.25) is 0 Å². The van der Waals surface area contributed by atoms with Gasteiger partial charge in [0.2, 0.25) is 10.0 Å². The number of rotatable bonds is 10. The summed E-state index contributed by atoms with van der Waals surface area (Å²) in [6.07, 6.45) is 5.20. The van der Waals surface area contributed by atoms with Crippen LogP contribution in [0.25, 0.3) is 22.2 Å². The van der Waals surface area contributed by atoms with Crippen LogP contribution < -0.4 is 19.9 Å². The van der Waals surface area contributed by atoms with Gasteiger partial charge >= 0.3 is 0 Å². The van der Waals surface area contributed by atoms with E-state index in [1.165, 1.54) is 6.33 Å². The molecule has 1 aliphatic rings. The summed E-state index contributed by atoms with van der Waals surface area (Å²) >= 11 is 0. The van der Waals surface area contributed by atoms with Crippen molar-refractivity contribution in [2.45, 2.75) is 30.4 Å². The summed E-state index contributed by atoms with van der Waals surface area (Å²) in [5.41, 5.74) is 10.1. The molecule has 1 fully saturated rings. The molecule has 0 spiro atoms. The zero-order valence-corrected chi connectivity index (χ0v) is 23.4. The number of anilines is 1. The van der Waals surface area contributed by atoms with E-state index in [0.717, 1.165) is 46.3 Å². The van der Waals surface area contributed by atoms with Crippen molar-refractivity contribution in [3.8, 4) is 22.6 Å². The van der Waals surface area contributed by atoms with Crippen molar-refractivity contribution in [2.75, 3.05) is 19.4 Å². The first-order valence-electron chi connectivity index (χ1n) is 13.4. The van der Waals surface area contributed by atoms with Crippen molar-refractivity contribution in [3.63, 3.8) is 0 Å². The van der Waals surface area contributed by atoms with Gasteiger partial charge in [0, 0.05) is 24.3 Å². The van der Waals surface area contributed by atoms with Crippen LogP contribution in [-0.4, -0.2) is 36.6 Å². The number of methoxy groups -OCH3 is 1. The van der Waals surface area contributed by atoms with Crippen LogP contribution in [0.3, 0.4) is 0 Å². The Morgan fingerprint density at radius 3 is 2.51 bits per heavy atom. The summed E-state index contributed by atoms with van der Waals surface area (Å²) < 4.78 is 41.6. The third-order valence-corrected chi connectivity index (χ3v) is 9.01. The Kier molecular flexibility index (Phi) is 7.34. The number of ether oxygens (including phenoxy) is 2. The lowest BCUT2D eigenvalue weighted by Gasteiger charge is -2.36. The second-order valence-corrected chi connectivity index (χ2v) is 12.0. The van der Waals surface area contributed by atoms with Gasteiger partial charge in [0.15, 0.2) is 0 Å². The largest absolute Gasteiger partial charge is 0.497 e. The van der Waals surface area contributed by atoms with Crippen molar-refractivity contribution in [1.29, 1.82) is 0 Å². The first-order chi connectivity index (χ1) is 19.9. The summed E-state index contributed by atoms with van der Waals surface area (Å²) in [4.78, 5) is 9.05. The van der Waals surface area contributed by atoms with E-state index < -0.39 is 10.0 Å². The van der Waals surface area contributed by atoms with E-state index in [1.54, 1.807) is 31.4 Å².